The molecule has 3 nitrogen and oxygen atoms in total. The first-order chi connectivity index (χ1) is 7.24. The molecule has 0 saturated heterocycles. The van der Waals surface area contributed by atoms with Crippen molar-refractivity contribution < 1.29 is 14.3 Å². The van der Waals surface area contributed by atoms with Crippen molar-refractivity contribution in [3.63, 3.8) is 0 Å². The molecule has 1 aromatic carbocycles. The molecular weight excluding hydrogens is 192 g/mol. The number of ether oxygens (including phenoxy) is 2. The fraction of sp³-hybridized carbons (Fsp3) is 0.417. The number of benzene rings is 1. The molecule has 0 aromatic heterocycles. The van der Waals surface area contributed by atoms with Crippen LogP contribution in [-0.4, -0.2) is 19.7 Å². The van der Waals surface area contributed by atoms with Crippen LogP contribution in [0.5, 0.6) is 0 Å². The first-order valence-corrected chi connectivity index (χ1v) is 4.93. The zero-order chi connectivity index (χ0) is 11.1. The number of carbonyl (C=O) groups is 1. The number of rotatable bonds is 5. The van der Waals surface area contributed by atoms with Crippen molar-refractivity contribution in [1.82, 2.24) is 0 Å². The lowest BCUT2D eigenvalue weighted by Gasteiger charge is -2.10. The van der Waals surface area contributed by atoms with Crippen LogP contribution in [0.15, 0.2) is 30.3 Å². The maximum Gasteiger partial charge on any atom is 0.311 e. The summed E-state index contributed by atoms with van der Waals surface area (Å²) in [4.78, 5) is 11.4. The molecule has 15 heavy (non-hydrogen) atoms. The highest BCUT2D eigenvalue weighted by Crippen LogP contribution is 2.04. The van der Waals surface area contributed by atoms with Crippen LogP contribution >= 0.6 is 0 Å². The predicted molar refractivity (Wildman–Crippen MR) is 57.3 cm³/mol. The van der Waals surface area contributed by atoms with E-state index in [9.17, 15) is 4.79 Å². The smallest absolute Gasteiger partial charge is 0.311 e. The molecule has 1 unspecified atom stereocenters. The van der Waals surface area contributed by atoms with E-state index in [2.05, 4.69) is 0 Å². The highest BCUT2D eigenvalue weighted by atomic mass is 16.5. The molecular formula is C12H16O3. The zero-order valence-corrected chi connectivity index (χ0v) is 9.10. The van der Waals surface area contributed by atoms with Crippen LogP contribution in [0.1, 0.15) is 12.5 Å². The number of esters is 1. The van der Waals surface area contributed by atoms with Gasteiger partial charge in [0.05, 0.1) is 12.5 Å². The molecule has 0 aliphatic rings. The fourth-order valence-electron chi connectivity index (χ4n) is 1.19. The third-order valence-corrected chi connectivity index (χ3v) is 2.04. The van der Waals surface area contributed by atoms with E-state index >= 15 is 0 Å². The minimum absolute atomic E-state index is 0.210. The van der Waals surface area contributed by atoms with Crippen LogP contribution in [0.25, 0.3) is 0 Å². The van der Waals surface area contributed by atoms with E-state index in [1.165, 1.54) is 0 Å². The standard InChI is InChI=1S/C12H16O3/c1-10(8-14-2)12(13)15-9-11-6-4-3-5-7-11/h3-7,10H,8-9H2,1-2H3. The molecule has 0 saturated carbocycles. The Labute approximate surface area is 90.0 Å². The van der Waals surface area contributed by atoms with Crippen molar-refractivity contribution >= 4 is 5.97 Å². The van der Waals surface area contributed by atoms with Crippen LogP contribution in [0.4, 0.5) is 0 Å². The third-order valence-electron chi connectivity index (χ3n) is 2.04. The Balaban J connectivity index is 2.34. The molecule has 0 fully saturated rings. The van der Waals surface area contributed by atoms with E-state index in [0.29, 0.717) is 13.2 Å². The molecule has 0 aliphatic carbocycles. The van der Waals surface area contributed by atoms with E-state index in [1.807, 2.05) is 30.3 Å². The Kier molecular flexibility index (Phi) is 4.84. The second kappa shape index (κ2) is 6.19. The van der Waals surface area contributed by atoms with Gasteiger partial charge in [0, 0.05) is 7.11 Å². The Morgan fingerprint density at radius 1 is 1.33 bits per heavy atom. The molecule has 0 spiro atoms. The second-order valence-corrected chi connectivity index (χ2v) is 3.45. The summed E-state index contributed by atoms with van der Waals surface area (Å²) in [6.07, 6.45) is 0. The Hall–Kier alpha value is -1.35. The van der Waals surface area contributed by atoms with E-state index in [-0.39, 0.29) is 11.9 Å². The number of carbonyl (C=O) groups excluding carboxylic acids is 1. The van der Waals surface area contributed by atoms with Gasteiger partial charge in [-0.15, -0.1) is 0 Å². The minimum atomic E-state index is -0.222. The number of hydrogen-bond acceptors (Lipinski definition) is 3. The van der Waals surface area contributed by atoms with E-state index < -0.39 is 0 Å². The Morgan fingerprint density at radius 2 is 2.00 bits per heavy atom. The zero-order valence-electron chi connectivity index (χ0n) is 9.10. The van der Waals surface area contributed by atoms with Gasteiger partial charge in [-0.05, 0) is 12.5 Å². The van der Waals surface area contributed by atoms with E-state index in [0.717, 1.165) is 5.56 Å². The summed E-state index contributed by atoms with van der Waals surface area (Å²) in [6.45, 7) is 2.51. The summed E-state index contributed by atoms with van der Waals surface area (Å²) < 4.78 is 10.00. The largest absolute Gasteiger partial charge is 0.461 e. The van der Waals surface area contributed by atoms with Gasteiger partial charge in [0.1, 0.15) is 6.61 Å². The normalized spacial score (nSPS) is 12.1. The minimum Gasteiger partial charge on any atom is -0.461 e. The van der Waals surface area contributed by atoms with Gasteiger partial charge < -0.3 is 9.47 Å². The van der Waals surface area contributed by atoms with Gasteiger partial charge >= 0.3 is 5.97 Å². The van der Waals surface area contributed by atoms with Gasteiger partial charge in [0.25, 0.3) is 0 Å². The summed E-state index contributed by atoms with van der Waals surface area (Å²) >= 11 is 0. The van der Waals surface area contributed by atoms with Crippen LogP contribution in [-0.2, 0) is 20.9 Å². The van der Waals surface area contributed by atoms with E-state index in [1.54, 1.807) is 14.0 Å². The molecule has 0 aliphatic heterocycles. The molecule has 1 rings (SSSR count). The molecule has 0 radical (unpaired) electrons. The molecule has 1 aromatic rings. The van der Waals surface area contributed by atoms with Crippen LogP contribution in [0.2, 0.25) is 0 Å². The molecule has 0 amide bonds. The van der Waals surface area contributed by atoms with Crippen molar-refractivity contribution in [2.75, 3.05) is 13.7 Å². The van der Waals surface area contributed by atoms with Gasteiger partial charge in [-0.3, -0.25) is 4.79 Å². The van der Waals surface area contributed by atoms with Crippen molar-refractivity contribution in [2.24, 2.45) is 5.92 Å². The van der Waals surface area contributed by atoms with E-state index in [4.69, 9.17) is 9.47 Å². The van der Waals surface area contributed by atoms with Crippen molar-refractivity contribution in [2.45, 2.75) is 13.5 Å². The SMILES string of the molecule is COCC(C)C(=O)OCc1ccccc1. The molecule has 82 valence electrons. The first kappa shape index (κ1) is 11.7. The molecule has 0 N–H and O–H groups in total. The van der Waals surface area contributed by atoms with Crippen LogP contribution in [0.3, 0.4) is 0 Å². The number of methoxy groups -OCH3 is 1. The molecule has 0 heterocycles. The Morgan fingerprint density at radius 3 is 2.60 bits per heavy atom. The van der Waals surface area contributed by atoms with Gasteiger partial charge in [0.15, 0.2) is 0 Å². The topological polar surface area (TPSA) is 35.5 Å². The van der Waals surface area contributed by atoms with Crippen LogP contribution < -0.4 is 0 Å². The lowest BCUT2D eigenvalue weighted by atomic mass is 10.2. The van der Waals surface area contributed by atoms with Crippen molar-refractivity contribution in [1.29, 1.82) is 0 Å². The van der Waals surface area contributed by atoms with Crippen molar-refractivity contribution in [3.8, 4) is 0 Å². The first-order valence-electron chi connectivity index (χ1n) is 4.93. The average molecular weight is 208 g/mol. The monoisotopic (exact) mass is 208 g/mol. The van der Waals surface area contributed by atoms with Gasteiger partial charge in [0.2, 0.25) is 0 Å². The third kappa shape index (κ3) is 4.13. The summed E-state index contributed by atoms with van der Waals surface area (Å²) in [5.74, 6) is -0.431. The molecule has 3 heteroatoms. The highest BCUT2D eigenvalue weighted by molar-refractivity contribution is 5.72. The predicted octanol–water partition coefficient (Wildman–Crippen LogP) is 2.01. The maximum atomic E-state index is 11.4. The lowest BCUT2D eigenvalue weighted by molar-refractivity contribution is -0.150. The molecule has 0 bridgehead atoms. The van der Waals surface area contributed by atoms with Crippen molar-refractivity contribution in [3.05, 3.63) is 35.9 Å². The highest BCUT2D eigenvalue weighted by Gasteiger charge is 2.13. The summed E-state index contributed by atoms with van der Waals surface area (Å²) in [7, 11) is 1.57. The maximum absolute atomic E-state index is 11.4. The summed E-state index contributed by atoms with van der Waals surface area (Å²) in [5, 5.41) is 0. The summed E-state index contributed by atoms with van der Waals surface area (Å²) in [6, 6.07) is 9.62. The lowest BCUT2D eigenvalue weighted by Crippen LogP contribution is -2.18. The summed E-state index contributed by atoms with van der Waals surface area (Å²) in [5.41, 5.74) is 0.996. The van der Waals surface area contributed by atoms with Gasteiger partial charge in [-0.25, -0.2) is 0 Å². The Bertz CT molecular complexity index is 295. The molecule has 1 atom stereocenters. The number of hydrogen-bond donors (Lipinski definition) is 0. The average Bonchev–Trinajstić information content (AvgIpc) is 2.27. The van der Waals surface area contributed by atoms with Gasteiger partial charge in [-0.2, -0.15) is 0 Å². The quantitative estimate of drug-likeness (QED) is 0.694. The second-order valence-electron chi connectivity index (χ2n) is 3.45. The van der Waals surface area contributed by atoms with Gasteiger partial charge in [-0.1, -0.05) is 30.3 Å². The fourth-order valence-corrected chi connectivity index (χ4v) is 1.19. The van der Waals surface area contributed by atoms with Crippen LogP contribution in [0, 0.1) is 5.92 Å².